The number of aryl methyl sites for hydroxylation is 2. The van der Waals surface area contributed by atoms with Gasteiger partial charge in [0.25, 0.3) is 11.8 Å². The lowest BCUT2D eigenvalue weighted by molar-refractivity contribution is 0.0745. The van der Waals surface area contributed by atoms with Crippen LogP contribution in [0.2, 0.25) is 0 Å². The van der Waals surface area contributed by atoms with Gasteiger partial charge in [-0.2, -0.15) is 5.10 Å². The molecule has 0 bridgehead atoms. The lowest BCUT2D eigenvalue weighted by atomic mass is 10.1. The molecule has 0 aliphatic carbocycles. The van der Waals surface area contributed by atoms with Crippen LogP contribution in [0.4, 0.5) is 4.39 Å². The summed E-state index contributed by atoms with van der Waals surface area (Å²) in [5.74, 6) is -0.812. The molecule has 0 saturated carbocycles. The molecule has 1 aromatic heterocycles. The summed E-state index contributed by atoms with van der Waals surface area (Å²) in [5.41, 5.74) is 3.66. The number of carbonyl (C=O) groups is 2. The van der Waals surface area contributed by atoms with Gasteiger partial charge in [-0.3, -0.25) is 14.3 Å². The van der Waals surface area contributed by atoms with Crippen molar-refractivity contribution in [2.45, 2.75) is 33.0 Å². The minimum atomic E-state index is -0.363. The highest BCUT2D eigenvalue weighted by molar-refractivity contribution is 5.98. The zero-order valence-corrected chi connectivity index (χ0v) is 16.8. The second kappa shape index (κ2) is 8.49. The topological polar surface area (TPSA) is 67.2 Å². The van der Waals surface area contributed by atoms with Crippen LogP contribution in [0.1, 0.15) is 44.1 Å². The zero-order chi connectivity index (χ0) is 21.1. The molecule has 30 heavy (non-hydrogen) atoms. The van der Waals surface area contributed by atoms with E-state index in [9.17, 15) is 14.0 Å². The van der Waals surface area contributed by atoms with E-state index in [0.29, 0.717) is 25.3 Å². The van der Waals surface area contributed by atoms with Crippen LogP contribution in [-0.2, 0) is 19.6 Å². The normalized spacial score (nSPS) is 13.7. The predicted molar refractivity (Wildman–Crippen MR) is 110 cm³/mol. The van der Waals surface area contributed by atoms with E-state index in [0.717, 1.165) is 17.5 Å². The number of halogens is 1. The SMILES string of the molecule is Cc1ccc(CN2CCCn3nc(C(=O)NCc4ccc(F)cc4)cc3C2=O)cc1. The van der Waals surface area contributed by atoms with E-state index >= 15 is 0 Å². The van der Waals surface area contributed by atoms with Crippen LogP contribution in [0.15, 0.2) is 54.6 Å². The second-order valence-corrected chi connectivity index (χ2v) is 7.51. The molecule has 0 radical (unpaired) electrons. The van der Waals surface area contributed by atoms with E-state index in [-0.39, 0.29) is 29.9 Å². The largest absolute Gasteiger partial charge is 0.347 e. The van der Waals surface area contributed by atoms with Crippen LogP contribution in [-0.4, -0.2) is 33.0 Å². The molecule has 6 nitrogen and oxygen atoms in total. The summed E-state index contributed by atoms with van der Waals surface area (Å²) in [5, 5.41) is 7.11. The number of amides is 2. The molecule has 7 heteroatoms. The number of hydrogen-bond donors (Lipinski definition) is 1. The van der Waals surface area contributed by atoms with E-state index in [1.54, 1.807) is 27.8 Å². The zero-order valence-electron chi connectivity index (χ0n) is 16.8. The number of aromatic nitrogens is 2. The van der Waals surface area contributed by atoms with Crippen molar-refractivity contribution in [3.63, 3.8) is 0 Å². The molecular formula is C23H23FN4O2. The first kappa shape index (κ1) is 19.8. The Morgan fingerprint density at radius 1 is 1.07 bits per heavy atom. The number of nitrogens with zero attached hydrogens (tertiary/aromatic N) is 3. The molecule has 1 N–H and O–H groups in total. The minimum Gasteiger partial charge on any atom is -0.347 e. The van der Waals surface area contributed by atoms with Gasteiger partial charge in [-0.25, -0.2) is 4.39 Å². The van der Waals surface area contributed by atoms with E-state index in [1.165, 1.54) is 17.7 Å². The Hall–Kier alpha value is -3.48. The summed E-state index contributed by atoms with van der Waals surface area (Å²) in [6.45, 7) is 4.03. The fraction of sp³-hybridized carbons (Fsp3) is 0.261. The number of fused-ring (bicyclic) bond motifs is 1. The summed E-state index contributed by atoms with van der Waals surface area (Å²) in [6.07, 6.45) is 0.767. The third kappa shape index (κ3) is 4.40. The van der Waals surface area contributed by atoms with Crippen molar-refractivity contribution in [2.24, 2.45) is 0 Å². The van der Waals surface area contributed by atoms with Crippen LogP contribution >= 0.6 is 0 Å². The maximum atomic E-state index is 13.1. The molecule has 2 aromatic carbocycles. The van der Waals surface area contributed by atoms with Gasteiger partial charge in [0.15, 0.2) is 5.69 Å². The lowest BCUT2D eigenvalue weighted by Crippen LogP contribution is -2.30. The van der Waals surface area contributed by atoms with Crippen LogP contribution in [0.5, 0.6) is 0 Å². The monoisotopic (exact) mass is 406 g/mol. The highest BCUT2D eigenvalue weighted by Gasteiger charge is 2.26. The molecule has 1 aliphatic rings. The number of carbonyl (C=O) groups excluding carboxylic acids is 2. The van der Waals surface area contributed by atoms with Gasteiger partial charge in [0, 0.05) is 32.2 Å². The van der Waals surface area contributed by atoms with Crippen molar-refractivity contribution in [1.82, 2.24) is 20.0 Å². The number of nitrogens with one attached hydrogen (secondary N) is 1. The Balaban J connectivity index is 1.45. The van der Waals surface area contributed by atoms with E-state index in [4.69, 9.17) is 0 Å². The molecule has 2 amide bonds. The standard InChI is InChI=1S/C23H23FN4O2/c1-16-3-5-18(6-4-16)15-27-11-2-12-28-21(23(27)30)13-20(26-28)22(29)25-14-17-7-9-19(24)10-8-17/h3-10,13H,2,11-12,14-15H2,1H3,(H,25,29). The van der Waals surface area contributed by atoms with Crippen molar-refractivity contribution >= 4 is 11.8 Å². The highest BCUT2D eigenvalue weighted by Crippen LogP contribution is 2.17. The van der Waals surface area contributed by atoms with Gasteiger partial charge in [-0.1, -0.05) is 42.0 Å². The average Bonchev–Trinajstić information content (AvgIpc) is 3.12. The fourth-order valence-electron chi connectivity index (χ4n) is 3.49. The third-order valence-corrected chi connectivity index (χ3v) is 5.18. The van der Waals surface area contributed by atoms with Crippen molar-refractivity contribution in [3.05, 3.63) is 88.5 Å². The summed E-state index contributed by atoms with van der Waals surface area (Å²) in [7, 11) is 0. The van der Waals surface area contributed by atoms with Gasteiger partial charge in [0.2, 0.25) is 0 Å². The van der Waals surface area contributed by atoms with Crippen LogP contribution in [0.3, 0.4) is 0 Å². The number of hydrogen-bond acceptors (Lipinski definition) is 3. The second-order valence-electron chi connectivity index (χ2n) is 7.51. The molecule has 0 atom stereocenters. The molecule has 0 saturated heterocycles. The first-order valence-electron chi connectivity index (χ1n) is 9.95. The molecular weight excluding hydrogens is 383 g/mol. The molecule has 154 valence electrons. The molecule has 0 spiro atoms. The molecule has 1 aliphatic heterocycles. The lowest BCUT2D eigenvalue weighted by Gasteiger charge is -2.20. The van der Waals surface area contributed by atoms with Gasteiger partial charge in [0.1, 0.15) is 11.5 Å². The van der Waals surface area contributed by atoms with Gasteiger partial charge >= 0.3 is 0 Å². The average molecular weight is 406 g/mol. The molecule has 0 unspecified atom stereocenters. The van der Waals surface area contributed by atoms with Gasteiger partial charge in [0.05, 0.1) is 0 Å². The van der Waals surface area contributed by atoms with Gasteiger partial charge in [-0.15, -0.1) is 0 Å². The molecule has 0 fully saturated rings. The Morgan fingerprint density at radius 3 is 2.50 bits per heavy atom. The third-order valence-electron chi connectivity index (χ3n) is 5.18. The van der Waals surface area contributed by atoms with Crippen molar-refractivity contribution in [2.75, 3.05) is 6.54 Å². The Kier molecular flexibility index (Phi) is 5.61. The first-order valence-corrected chi connectivity index (χ1v) is 9.95. The number of benzene rings is 2. The maximum absolute atomic E-state index is 13.1. The van der Waals surface area contributed by atoms with E-state index in [1.807, 2.05) is 31.2 Å². The van der Waals surface area contributed by atoms with Crippen molar-refractivity contribution in [1.29, 1.82) is 0 Å². The quantitative estimate of drug-likeness (QED) is 0.707. The van der Waals surface area contributed by atoms with Crippen LogP contribution < -0.4 is 5.32 Å². The maximum Gasteiger partial charge on any atom is 0.272 e. The summed E-state index contributed by atoms with van der Waals surface area (Å²) in [4.78, 5) is 27.4. The molecule has 4 rings (SSSR count). The number of rotatable bonds is 5. The van der Waals surface area contributed by atoms with Crippen molar-refractivity contribution in [3.8, 4) is 0 Å². The fourth-order valence-corrected chi connectivity index (χ4v) is 3.49. The summed E-state index contributed by atoms with van der Waals surface area (Å²) < 4.78 is 14.6. The Bertz CT molecular complexity index is 1060. The van der Waals surface area contributed by atoms with Gasteiger partial charge < -0.3 is 10.2 Å². The highest BCUT2D eigenvalue weighted by atomic mass is 19.1. The smallest absolute Gasteiger partial charge is 0.272 e. The summed E-state index contributed by atoms with van der Waals surface area (Å²) in [6, 6.07) is 15.6. The van der Waals surface area contributed by atoms with Crippen LogP contribution in [0.25, 0.3) is 0 Å². The molecule has 2 heterocycles. The first-order chi connectivity index (χ1) is 14.5. The van der Waals surface area contributed by atoms with E-state index in [2.05, 4.69) is 10.4 Å². The van der Waals surface area contributed by atoms with E-state index < -0.39 is 0 Å². The summed E-state index contributed by atoms with van der Waals surface area (Å²) >= 11 is 0. The van der Waals surface area contributed by atoms with Crippen molar-refractivity contribution < 1.29 is 14.0 Å². The Morgan fingerprint density at radius 2 is 1.77 bits per heavy atom. The predicted octanol–water partition coefficient (Wildman–Crippen LogP) is 3.31. The minimum absolute atomic E-state index is 0.127. The van der Waals surface area contributed by atoms with Crippen LogP contribution in [0, 0.1) is 12.7 Å². The molecule has 3 aromatic rings. The van der Waals surface area contributed by atoms with Gasteiger partial charge in [-0.05, 0) is 36.6 Å². The Labute approximate surface area is 174 Å².